The van der Waals surface area contributed by atoms with Gasteiger partial charge in [0.05, 0.1) is 11.4 Å². The van der Waals surface area contributed by atoms with E-state index in [1.807, 2.05) is 6.07 Å². The van der Waals surface area contributed by atoms with Crippen LogP contribution in [-0.2, 0) is 0 Å². The van der Waals surface area contributed by atoms with Gasteiger partial charge < -0.3 is 16.0 Å². The molecule has 112 valence electrons. The number of nitrogens with two attached hydrogens (primary N) is 1. The van der Waals surface area contributed by atoms with E-state index < -0.39 is 0 Å². The van der Waals surface area contributed by atoms with Crippen LogP contribution in [0.3, 0.4) is 0 Å². The number of hydrogen-bond donors (Lipinski definition) is 2. The maximum atomic E-state index is 12.0. The SMILES string of the molecule is CC(C)C(C)(C)CNc1cc(C(=O)N(C)C)ccc1N. The Hall–Kier alpha value is -1.71. The summed E-state index contributed by atoms with van der Waals surface area (Å²) in [5, 5.41) is 3.37. The summed E-state index contributed by atoms with van der Waals surface area (Å²) >= 11 is 0. The molecule has 3 N–H and O–H groups in total. The van der Waals surface area contributed by atoms with Crippen LogP contribution in [0.25, 0.3) is 0 Å². The van der Waals surface area contributed by atoms with E-state index in [4.69, 9.17) is 5.73 Å². The van der Waals surface area contributed by atoms with Gasteiger partial charge in [0.25, 0.3) is 5.91 Å². The van der Waals surface area contributed by atoms with E-state index in [0.29, 0.717) is 17.2 Å². The Bertz CT molecular complexity index is 479. The third-order valence-electron chi connectivity index (χ3n) is 4.00. The molecule has 1 aromatic rings. The first kappa shape index (κ1) is 16.3. The van der Waals surface area contributed by atoms with E-state index >= 15 is 0 Å². The summed E-state index contributed by atoms with van der Waals surface area (Å²) in [7, 11) is 3.49. The van der Waals surface area contributed by atoms with Gasteiger partial charge in [-0.3, -0.25) is 4.79 Å². The highest BCUT2D eigenvalue weighted by atomic mass is 16.2. The Labute approximate surface area is 122 Å². The highest BCUT2D eigenvalue weighted by molar-refractivity contribution is 5.95. The maximum Gasteiger partial charge on any atom is 0.253 e. The van der Waals surface area contributed by atoms with E-state index in [2.05, 4.69) is 33.0 Å². The van der Waals surface area contributed by atoms with Gasteiger partial charge in [0.15, 0.2) is 0 Å². The van der Waals surface area contributed by atoms with E-state index in [1.165, 1.54) is 0 Å². The molecule has 0 aromatic heterocycles. The Balaban J connectivity index is 2.90. The largest absolute Gasteiger partial charge is 0.397 e. The van der Waals surface area contributed by atoms with E-state index in [0.717, 1.165) is 12.2 Å². The molecule has 0 fully saturated rings. The number of amides is 1. The zero-order valence-corrected chi connectivity index (χ0v) is 13.4. The van der Waals surface area contributed by atoms with Gasteiger partial charge in [-0.15, -0.1) is 0 Å². The Morgan fingerprint density at radius 2 is 1.95 bits per heavy atom. The minimum absolute atomic E-state index is 0.0174. The lowest BCUT2D eigenvalue weighted by atomic mass is 9.81. The van der Waals surface area contributed by atoms with Gasteiger partial charge in [0.2, 0.25) is 0 Å². The number of nitrogens with one attached hydrogen (secondary N) is 1. The van der Waals surface area contributed by atoms with Crippen LogP contribution in [0.4, 0.5) is 11.4 Å². The van der Waals surface area contributed by atoms with Crippen LogP contribution in [0.1, 0.15) is 38.1 Å². The quantitative estimate of drug-likeness (QED) is 0.813. The molecule has 4 nitrogen and oxygen atoms in total. The van der Waals surface area contributed by atoms with Gasteiger partial charge in [0, 0.05) is 26.2 Å². The molecule has 20 heavy (non-hydrogen) atoms. The Morgan fingerprint density at radius 1 is 1.35 bits per heavy atom. The molecule has 1 aromatic carbocycles. The zero-order valence-electron chi connectivity index (χ0n) is 13.4. The summed E-state index contributed by atoms with van der Waals surface area (Å²) in [5.41, 5.74) is 8.28. The Kier molecular flexibility index (Phi) is 5.03. The van der Waals surface area contributed by atoms with Crippen LogP contribution in [0, 0.1) is 11.3 Å². The monoisotopic (exact) mass is 277 g/mol. The topological polar surface area (TPSA) is 58.4 Å². The van der Waals surface area contributed by atoms with Gasteiger partial charge >= 0.3 is 0 Å². The molecule has 0 atom stereocenters. The van der Waals surface area contributed by atoms with Crippen molar-refractivity contribution in [3.05, 3.63) is 23.8 Å². The van der Waals surface area contributed by atoms with E-state index in [9.17, 15) is 4.79 Å². The molecular formula is C16H27N3O. The summed E-state index contributed by atoms with van der Waals surface area (Å²) < 4.78 is 0. The zero-order chi connectivity index (χ0) is 15.5. The first-order valence-electron chi connectivity index (χ1n) is 7.00. The molecule has 0 saturated carbocycles. The highest BCUT2D eigenvalue weighted by Gasteiger charge is 2.22. The molecule has 0 saturated heterocycles. The summed E-state index contributed by atoms with van der Waals surface area (Å²) in [5.74, 6) is 0.541. The van der Waals surface area contributed by atoms with Crippen molar-refractivity contribution < 1.29 is 4.79 Å². The molecule has 0 aliphatic rings. The number of carbonyl (C=O) groups is 1. The minimum Gasteiger partial charge on any atom is -0.397 e. The fourth-order valence-corrected chi connectivity index (χ4v) is 1.63. The lowest BCUT2D eigenvalue weighted by Crippen LogP contribution is -2.29. The van der Waals surface area contributed by atoms with Crippen LogP contribution in [-0.4, -0.2) is 31.4 Å². The number of rotatable bonds is 5. The lowest BCUT2D eigenvalue weighted by Gasteiger charge is -2.30. The first-order valence-corrected chi connectivity index (χ1v) is 7.00. The summed E-state index contributed by atoms with van der Waals surface area (Å²) in [6.45, 7) is 9.66. The van der Waals surface area contributed by atoms with E-state index in [1.54, 1.807) is 31.1 Å². The standard InChI is InChI=1S/C16H27N3O/c1-11(2)16(3,4)10-18-14-9-12(7-8-13(14)17)15(20)19(5)6/h7-9,11,18H,10,17H2,1-6H3. The fourth-order valence-electron chi connectivity index (χ4n) is 1.63. The van der Waals surface area contributed by atoms with Crippen molar-refractivity contribution >= 4 is 17.3 Å². The summed E-state index contributed by atoms with van der Waals surface area (Å²) in [6, 6.07) is 5.37. The van der Waals surface area contributed by atoms with Crippen molar-refractivity contribution in [2.24, 2.45) is 11.3 Å². The van der Waals surface area contributed by atoms with Gasteiger partial charge in [-0.25, -0.2) is 0 Å². The molecule has 0 heterocycles. The molecule has 1 rings (SSSR count). The molecule has 0 bridgehead atoms. The van der Waals surface area contributed by atoms with Crippen molar-refractivity contribution in [2.75, 3.05) is 31.7 Å². The van der Waals surface area contributed by atoms with Crippen LogP contribution < -0.4 is 11.1 Å². The predicted octanol–water partition coefficient (Wildman–Crippen LogP) is 3.06. The molecular weight excluding hydrogens is 250 g/mol. The van der Waals surface area contributed by atoms with Gasteiger partial charge in [-0.1, -0.05) is 27.7 Å². The number of anilines is 2. The minimum atomic E-state index is -0.0174. The number of benzene rings is 1. The second kappa shape index (κ2) is 6.16. The molecule has 1 amide bonds. The average Bonchev–Trinajstić information content (AvgIpc) is 2.36. The molecule has 0 unspecified atom stereocenters. The summed E-state index contributed by atoms with van der Waals surface area (Å²) in [6.07, 6.45) is 0. The van der Waals surface area contributed by atoms with Gasteiger partial charge in [-0.05, 0) is 29.5 Å². The van der Waals surface area contributed by atoms with Crippen LogP contribution in [0.15, 0.2) is 18.2 Å². The molecule has 0 spiro atoms. The normalized spacial score (nSPS) is 11.6. The maximum absolute atomic E-state index is 12.0. The van der Waals surface area contributed by atoms with E-state index in [-0.39, 0.29) is 11.3 Å². The summed E-state index contributed by atoms with van der Waals surface area (Å²) in [4.78, 5) is 13.5. The van der Waals surface area contributed by atoms with Crippen molar-refractivity contribution in [3.8, 4) is 0 Å². The van der Waals surface area contributed by atoms with Crippen LogP contribution in [0.5, 0.6) is 0 Å². The van der Waals surface area contributed by atoms with Crippen molar-refractivity contribution in [1.29, 1.82) is 0 Å². The van der Waals surface area contributed by atoms with Crippen LogP contribution in [0.2, 0.25) is 0 Å². The molecule has 0 aliphatic carbocycles. The lowest BCUT2D eigenvalue weighted by molar-refractivity contribution is 0.0827. The van der Waals surface area contributed by atoms with Gasteiger partial charge in [0.1, 0.15) is 0 Å². The smallest absolute Gasteiger partial charge is 0.253 e. The molecule has 0 radical (unpaired) electrons. The highest BCUT2D eigenvalue weighted by Crippen LogP contribution is 2.28. The van der Waals surface area contributed by atoms with Crippen molar-refractivity contribution in [2.45, 2.75) is 27.7 Å². The first-order chi connectivity index (χ1) is 9.15. The third kappa shape index (κ3) is 3.89. The third-order valence-corrected chi connectivity index (χ3v) is 4.00. The van der Waals surface area contributed by atoms with Gasteiger partial charge in [-0.2, -0.15) is 0 Å². The number of carbonyl (C=O) groups excluding carboxylic acids is 1. The second-order valence-corrected chi connectivity index (χ2v) is 6.50. The number of nitrogens with zero attached hydrogens (tertiary/aromatic N) is 1. The fraction of sp³-hybridized carbons (Fsp3) is 0.562. The van der Waals surface area contributed by atoms with Crippen molar-refractivity contribution in [3.63, 3.8) is 0 Å². The number of hydrogen-bond acceptors (Lipinski definition) is 3. The van der Waals surface area contributed by atoms with Crippen molar-refractivity contribution in [1.82, 2.24) is 4.90 Å². The predicted molar refractivity (Wildman–Crippen MR) is 86.0 cm³/mol. The molecule has 4 heteroatoms. The van der Waals surface area contributed by atoms with Crippen LogP contribution >= 0.6 is 0 Å². The number of nitrogen functional groups attached to an aromatic ring is 1. The Morgan fingerprint density at radius 3 is 2.45 bits per heavy atom. The second-order valence-electron chi connectivity index (χ2n) is 6.50. The average molecular weight is 277 g/mol. The molecule has 0 aliphatic heterocycles.